The second kappa shape index (κ2) is 11.9. The molecule has 162 valence electrons. The smallest absolute Gasteiger partial charge is 0.251 e. The van der Waals surface area contributed by atoms with Gasteiger partial charge in [0.1, 0.15) is 6.54 Å². The highest BCUT2D eigenvalue weighted by Crippen LogP contribution is 2.10. The highest BCUT2D eigenvalue weighted by Gasteiger charge is 2.08. The molecule has 0 atom stereocenters. The number of nitrogens with zero attached hydrogens (tertiary/aromatic N) is 2. The van der Waals surface area contributed by atoms with Gasteiger partial charge in [-0.25, -0.2) is 0 Å². The standard InChI is InChI=1S/C23H32N4O3/c1-4-26(5-2)14-7-6-13-24-23(30)19-8-10-20(11-9-19)25-21(28)17-27-15-12-18(3)16-22(27)29/h8-12,15-16H,4-7,13-14,17H2,1-3H3,(H,24,30)(H,25,28). The molecule has 0 spiro atoms. The van der Waals surface area contributed by atoms with Crippen LogP contribution in [0.5, 0.6) is 0 Å². The molecule has 1 aromatic heterocycles. The first-order chi connectivity index (χ1) is 14.4. The molecule has 0 aliphatic heterocycles. The fourth-order valence-corrected chi connectivity index (χ4v) is 3.10. The van der Waals surface area contributed by atoms with Crippen molar-refractivity contribution in [3.05, 3.63) is 64.1 Å². The van der Waals surface area contributed by atoms with Crippen molar-refractivity contribution >= 4 is 17.5 Å². The van der Waals surface area contributed by atoms with Crippen LogP contribution in [-0.4, -0.2) is 47.5 Å². The van der Waals surface area contributed by atoms with Gasteiger partial charge in [0, 0.05) is 30.1 Å². The molecule has 30 heavy (non-hydrogen) atoms. The maximum absolute atomic E-state index is 12.2. The Morgan fingerprint density at radius 1 is 1.03 bits per heavy atom. The van der Waals surface area contributed by atoms with Crippen LogP contribution in [0.3, 0.4) is 0 Å². The Kier molecular flexibility index (Phi) is 9.28. The number of benzene rings is 1. The topological polar surface area (TPSA) is 83.4 Å². The van der Waals surface area contributed by atoms with Gasteiger partial charge in [-0.15, -0.1) is 0 Å². The molecule has 7 heteroatoms. The average molecular weight is 413 g/mol. The second-order valence-corrected chi connectivity index (χ2v) is 7.29. The lowest BCUT2D eigenvalue weighted by atomic mass is 10.2. The Morgan fingerprint density at radius 2 is 1.73 bits per heavy atom. The van der Waals surface area contributed by atoms with Crippen molar-refractivity contribution in [3.8, 4) is 0 Å². The first-order valence-electron chi connectivity index (χ1n) is 10.5. The number of carbonyl (C=O) groups excluding carboxylic acids is 2. The van der Waals surface area contributed by atoms with E-state index in [2.05, 4.69) is 29.4 Å². The Balaban J connectivity index is 1.77. The van der Waals surface area contributed by atoms with Crippen LogP contribution >= 0.6 is 0 Å². The Morgan fingerprint density at radius 3 is 2.37 bits per heavy atom. The van der Waals surface area contributed by atoms with Crippen LogP contribution in [0.25, 0.3) is 0 Å². The molecule has 2 amide bonds. The van der Waals surface area contributed by atoms with E-state index in [1.54, 1.807) is 36.5 Å². The number of amides is 2. The van der Waals surface area contributed by atoms with Crippen LogP contribution in [0.15, 0.2) is 47.4 Å². The van der Waals surface area contributed by atoms with Gasteiger partial charge in [-0.05, 0) is 75.3 Å². The van der Waals surface area contributed by atoms with E-state index in [0.29, 0.717) is 17.8 Å². The van der Waals surface area contributed by atoms with E-state index in [-0.39, 0.29) is 23.9 Å². The van der Waals surface area contributed by atoms with E-state index in [0.717, 1.165) is 38.0 Å². The molecule has 2 N–H and O–H groups in total. The summed E-state index contributed by atoms with van der Waals surface area (Å²) in [6.45, 7) is 9.86. The molecule has 2 aromatic rings. The van der Waals surface area contributed by atoms with Crippen LogP contribution in [0.2, 0.25) is 0 Å². The zero-order chi connectivity index (χ0) is 21.9. The molecule has 0 radical (unpaired) electrons. The van der Waals surface area contributed by atoms with Gasteiger partial charge in [0.15, 0.2) is 0 Å². The van der Waals surface area contributed by atoms with Crippen LogP contribution in [0.4, 0.5) is 5.69 Å². The van der Waals surface area contributed by atoms with Crippen LogP contribution in [0.1, 0.15) is 42.6 Å². The fraction of sp³-hybridized carbons (Fsp3) is 0.435. The molecule has 1 heterocycles. The Hall–Kier alpha value is -2.93. The Bertz CT molecular complexity index is 886. The molecule has 0 aliphatic rings. The largest absolute Gasteiger partial charge is 0.352 e. The number of hydrogen-bond acceptors (Lipinski definition) is 4. The number of anilines is 1. The van der Waals surface area contributed by atoms with Crippen molar-refractivity contribution in [2.75, 3.05) is 31.5 Å². The SMILES string of the molecule is CCN(CC)CCCCNC(=O)c1ccc(NC(=O)Cn2ccc(C)cc2=O)cc1. The molecule has 2 rings (SSSR count). The lowest BCUT2D eigenvalue weighted by Gasteiger charge is -2.17. The monoisotopic (exact) mass is 412 g/mol. The zero-order valence-corrected chi connectivity index (χ0v) is 18.1. The third-order valence-electron chi connectivity index (χ3n) is 4.98. The van der Waals surface area contributed by atoms with Crippen molar-refractivity contribution in [3.63, 3.8) is 0 Å². The predicted molar refractivity (Wildman–Crippen MR) is 120 cm³/mol. The molecule has 0 fully saturated rings. The van der Waals surface area contributed by atoms with E-state index < -0.39 is 0 Å². The highest BCUT2D eigenvalue weighted by molar-refractivity contribution is 5.95. The maximum atomic E-state index is 12.2. The van der Waals surface area contributed by atoms with E-state index in [1.807, 2.05) is 6.92 Å². The molecule has 0 saturated carbocycles. The minimum atomic E-state index is -0.300. The Labute approximate surface area is 178 Å². The van der Waals surface area contributed by atoms with Crippen LogP contribution in [-0.2, 0) is 11.3 Å². The first kappa shape index (κ1) is 23.3. The zero-order valence-electron chi connectivity index (χ0n) is 18.1. The van der Waals surface area contributed by atoms with E-state index in [1.165, 1.54) is 10.6 Å². The van der Waals surface area contributed by atoms with E-state index >= 15 is 0 Å². The molecular weight excluding hydrogens is 380 g/mol. The summed E-state index contributed by atoms with van der Waals surface area (Å²) in [4.78, 5) is 38.7. The minimum absolute atomic E-state index is 0.0607. The summed E-state index contributed by atoms with van der Waals surface area (Å²) in [7, 11) is 0. The first-order valence-corrected chi connectivity index (χ1v) is 10.5. The van der Waals surface area contributed by atoms with Gasteiger partial charge in [0.25, 0.3) is 11.5 Å². The molecular formula is C23H32N4O3. The predicted octanol–water partition coefficient (Wildman–Crippen LogP) is 2.65. The molecule has 0 unspecified atom stereocenters. The van der Waals surface area contributed by atoms with Gasteiger partial charge >= 0.3 is 0 Å². The number of unbranched alkanes of at least 4 members (excludes halogenated alkanes) is 1. The van der Waals surface area contributed by atoms with Crippen molar-refractivity contribution in [2.45, 2.75) is 40.2 Å². The maximum Gasteiger partial charge on any atom is 0.251 e. The van der Waals surface area contributed by atoms with Gasteiger partial charge in [0.2, 0.25) is 5.91 Å². The van der Waals surface area contributed by atoms with Crippen molar-refractivity contribution in [1.29, 1.82) is 0 Å². The summed E-state index contributed by atoms with van der Waals surface area (Å²) < 4.78 is 1.35. The summed E-state index contributed by atoms with van der Waals surface area (Å²) in [5.41, 5.74) is 1.77. The van der Waals surface area contributed by atoms with Crippen LogP contribution in [0, 0.1) is 6.92 Å². The van der Waals surface area contributed by atoms with Crippen molar-refractivity contribution in [1.82, 2.24) is 14.8 Å². The van der Waals surface area contributed by atoms with Crippen molar-refractivity contribution < 1.29 is 9.59 Å². The number of pyridine rings is 1. The van der Waals surface area contributed by atoms with Gasteiger partial charge in [-0.3, -0.25) is 14.4 Å². The van der Waals surface area contributed by atoms with Gasteiger partial charge in [-0.1, -0.05) is 13.8 Å². The quantitative estimate of drug-likeness (QED) is 0.556. The summed E-state index contributed by atoms with van der Waals surface area (Å²) in [5, 5.41) is 5.67. The normalized spacial score (nSPS) is 10.8. The number of aromatic nitrogens is 1. The summed E-state index contributed by atoms with van der Waals surface area (Å²) in [5.74, 6) is -0.423. The average Bonchev–Trinajstić information content (AvgIpc) is 2.73. The fourth-order valence-electron chi connectivity index (χ4n) is 3.10. The number of hydrogen-bond donors (Lipinski definition) is 2. The van der Waals surface area contributed by atoms with E-state index in [4.69, 9.17) is 0 Å². The summed E-state index contributed by atoms with van der Waals surface area (Å²) in [6, 6.07) is 10.0. The van der Waals surface area contributed by atoms with Gasteiger partial charge in [-0.2, -0.15) is 0 Å². The third kappa shape index (κ3) is 7.48. The highest BCUT2D eigenvalue weighted by atomic mass is 16.2. The summed E-state index contributed by atoms with van der Waals surface area (Å²) in [6.07, 6.45) is 3.60. The number of nitrogens with one attached hydrogen (secondary N) is 2. The second-order valence-electron chi connectivity index (χ2n) is 7.29. The number of rotatable bonds is 11. The molecule has 0 aliphatic carbocycles. The molecule has 7 nitrogen and oxygen atoms in total. The van der Waals surface area contributed by atoms with Gasteiger partial charge < -0.3 is 20.1 Å². The van der Waals surface area contributed by atoms with E-state index in [9.17, 15) is 14.4 Å². The molecule has 1 aromatic carbocycles. The van der Waals surface area contributed by atoms with Gasteiger partial charge in [0.05, 0.1) is 0 Å². The number of aryl methyl sites for hydroxylation is 1. The molecule has 0 bridgehead atoms. The summed E-state index contributed by atoms with van der Waals surface area (Å²) >= 11 is 0. The van der Waals surface area contributed by atoms with Crippen LogP contribution < -0.4 is 16.2 Å². The minimum Gasteiger partial charge on any atom is -0.352 e. The third-order valence-corrected chi connectivity index (χ3v) is 4.98. The lowest BCUT2D eigenvalue weighted by Crippen LogP contribution is -2.27. The molecule has 0 saturated heterocycles. The lowest BCUT2D eigenvalue weighted by molar-refractivity contribution is -0.116. The van der Waals surface area contributed by atoms with Crippen molar-refractivity contribution in [2.24, 2.45) is 0 Å². The number of carbonyl (C=O) groups is 2.